The van der Waals surface area contributed by atoms with Crippen molar-refractivity contribution in [1.82, 2.24) is 0 Å². The second kappa shape index (κ2) is 6.93. The van der Waals surface area contributed by atoms with Gasteiger partial charge >= 0.3 is 0 Å². The molecule has 2 N–H and O–H groups in total. The minimum absolute atomic E-state index is 0.158. The topological polar surface area (TPSA) is 84.5 Å². The molecule has 1 heterocycles. The Hall–Kier alpha value is -2.25. The molecule has 0 aromatic heterocycles. The number of ether oxygens (including phenoxy) is 1. The van der Waals surface area contributed by atoms with Crippen LogP contribution < -0.4 is 14.8 Å². The van der Waals surface area contributed by atoms with E-state index in [2.05, 4.69) is 10.0 Å². The van der Waals surface area contributed by atoms with Gasteiger partial charge in [-0.3, -0.25) is 9.52 Å². The molecule has 0 spiro atoms. The predicted octanol–water partition coefficient (Wildman–Crippen LogP) is 2.90. The maximum Gasteiger partial charge on any atom is 0.231 e. The van der Waals surface area contributed by atoms with Crippen LogP contribution in [0.4, 0.5) is 11.4 Å². The molecule has 1 amide bonds. The monoisotopic (exact) mass is 380 g/mol. The number of carbonyl (C=O) groups excluding carboxylic acids is 1. The second-order valence-electron chi connectivity index (χ2n) is 5.90. The lowest BCUT2D eigenvalue weighted by molar-refractivity contribution is -0.121. The third-order valence-corrected chi connectivity index (χ3v) is 4.60. The predicted molar refractivity (Wildman–Crippen MR) is 97.7 cm³/mol. The van der Waals surface area contributed by atoms with Crippen molar-refractivity contribution in [1.29, 1.82) is 0 Å². The molecule has 3 rings (SSSR count). The van der Waals surface area contributed by atoms with Crippen LogP contribution in [0.1, 0.15) is 5.56 Å². The number of hydrogen-bond acceptors (Lipinski definition) is 4. The van der Waals surface area contributed by atoms with Crippen LogP contribution >= 0.6 is 11.6 Å². The molecule has 0 fully saturated rings. The van der Waals surface area contributed by atoms with Gasteiger partial charge in [0, 0.05) is 16.4 Å². The molecule has 0 unspecified atom stereocenters. The lowest BCUT2D eigenvalue weighted by Crippen LogP contribution is -2.32. The number of anilines is 2. The average molecular weight is 381 g/mol. The van der Waals surface area contributed by atoms with E-state index in [-0.39, 0.29) is 11.8 Å². The number of hydrogen-bond donors (Lipinski definition) is 2. The van der Waals surface area contributed by atoms with E-state index in [1.54, 1.807) is 36.4 Å². The molecule has 1 atom stereocenters. The largest absolute Gasteiger partial charge is 0.492 e. The maximum atomic E-state index is 12.4. The van der Waals surface area contributed by atoms with E-state index in [4.69, 9.17) is 16.3 Å². The molecule has 132 valence electrons. The first-order chi connectivity index (χ1) is 11.8. The summed E-state index contributed by atoms with van der Waals surface area (Å²) in [7, 11) is -3.33. The quantitative estimate of drug-likeness (QED) is 0.854. The fourth-order valence-corrected chi connectivity index (χ4v) is 3.37. The van der Waals surface area contributed by atoms with Crippen LogP contribution in [0, 0.1) is 5.92 Å². The number of sulfonamides is 1. The number of rotatable bonds is 4. The Morgan fingerprint density at radius 1 is 1.16 bits per heavy atom. The summed E-state index contributed by atoms with van der Waals surface area (Å²) in [5.41, 5.74) is 1.93. The summed E-state index contributed by atoms with van der Waals surface area (Å²) in [5.74, 6) is 0.277. The highest BCUT2D eigenvalue weighted by atomic mass is 35.5. The van der Waals surface area contributed by atoms with E-state index < -0.39 is 10.0 Å². The van der Waals surface area contributed by atoms with Crippen molar-refractivity contribution in [3.8, 4) is 5.75 Å². The molecule has 0 bridgehead atoms. The van der Waals surface area contributed by atoms with Crippen LogP contribution in [0.25, 0.3) is 0 Å². The van der Waals surface area contributed by atoms with Gasteiger partial charge in [0.05, 0.1) is 12.2 Å². The molecule has 0 saturated heterocycles. The number of amides is 1. The standard InChI is InChI=1S/C17H17ClN2O4S/c1-25(22,23)20-15-5-3-14(4-6-15)19-17(21)12-8-11-9-13(18)2-7-16(11)24-10-12/h2-7,9,12,20H,8,10H2,1H3,(H,19,21)/t12-/m1/s1. The van der Waals surface area contributed by atoms with E-state index >= 15 is 0 Å². The van der Waals surface area contributed by atoms with E-state index in [9.17, 15) is 13.2 Å². The Morgan fingerprint density at radius 2 is 1.84 bits per heavy atom. The van der Waals surface area contributed by atoms with E-state index in [0.717, 1.165) is 17.6 Å². The number of carbonyl (C=O) groups is 1. The average Bonchev–Trinajstić information content (AvgIpc) is 2.54. The van der Waals surface area contributed by atoms with Crippen LogP contribution in [0.5, 0.6) is 5.75 Å². The first kappa shape index (κ1) is 17.6. The summed E-state index contributed by atoms with van der Waals surface area (Å²) in [6, 6.07) is 11.8. The first-order valence-corrected chi connectivity index (χ1v) is 9.87. The van der Waals surface area contributed by atoms with Crippen LogP contribution in [-0.2, 0) is 21.2 Å². The lowest BCUT2D eigenvalue weighted by Gasteiger charge is -2.24. The molecule has 1 aliphatic heterocycles. The molecule has 0 aliphatic carbocycles. The van der Waals surface area contributed by atoms with Crippen LogP contribution in [-0.4, -0.2) is 27.2 Å². The summed E-state index contributed by atoms with van der Waals surface area (Å²) < 4.78 is 30.4. The summed E-state index contributed by atoms with van der Waals surface area (Å²) in [6.07, 6.45) is 1.63. The van der Waals surface area contributed by atoms with Crippen molar-refractivity contribution in [2.45, 2.75) is 6.42 Å². The molecule has 2 aromatic rings. The van der Waals surface area contributed by atoms with E-state index in [1.807, 2.05) is 6.07 Å². The zero-order valence-electron chi connectivity index (χ0n) is 13.5. The minimum Gasteiger partial charge on any atom is -0.492 e. The van der Waals surface area contributed by atoms with Gasteiger partial charge in [0.1, 0.15) is 12.4 Å². The van der Waals surface area contributed by atoms with E-state index in [0.29, 0.717) is 29.4 Å². The Bertz CT molecular complexity index is 897. The van der Waals surface area contributed by atoms with Crippen molar-refractivity contribution >= 4 is 38.9 Å². The molecule has 0 radical (unpaired) electrons. The molecule has 2 aromatic carbocycles. The third-order valence-electron chi connectivity index (χ3n) is 3.76. The molecular weight excluding hydrogens is 364 g/mol. The number of benzene rings is 2. The highest BCUT2D eigenvalue weighted by molar-refractivity contribution is 7.92. The van der Waals surface area contributed by atoms with Crippen LogP contribution in [0.3, 0.4) is 0 Å². The normalized spacial score (nSPS) is 16.5. The molecule has 0 saturated carbocycles. The number of fused-ring (bicyclic) bond motifs is 1. The lowest BCUT2D eigenvalue weighted by atomic mass is 9.96. The van der Waals surface area contributed by atoms with Crippen molar-refractivity contribution in [2.24, 2.45) is 5.92 Å². The Balaban J connectivity index is 1.65. The van der Waals surface area contributed by atoms with Gasteiger partial charge in [-0.25, -0.2) is 8.42 Å². The van der Waals surface area contributed by atoms with Crippen LogP contribution in [0.2, 0.25) is 5.02 Å². The minimum atomic E-state index is -3.33. The van der Waals surface area contributed by atoms with Gasteiger partial charge < -0.3 is 10.1 Å². The van der Waals surface area contributed by atoms with Crippen molar-refractivity contribution < 1.29 is 17.9 Å². The number of nitrogens with one attached hydrogen (secondary N) is 2. The maximum absolute atomic E-state index is 12.4. The van der Waals surface area contributed by atoms with Gasteiger partial charge in [0.25, 0.3) is 0 Å². The fraction of sp³-hybridized carbons (Fsp3) is 0.235. The van der Waals surface area contributed by atoms with Crippen molar-refractivity contribution in [3.63, 3.8) is 0 Å². The van der Waals surface area contributed by atoms with Gasteiger partial charge in [0.2, 0.25) is 15.9 Å². The van der Waals surface area contributed by atoms with E-state index in [1.165, 1.54) is 0 Å². The van der Waals surface area contributed by atoms with Gasteiger partial charge in [-0.15, -0.1) is 0 Å². The van der Waals surface area contributed by atoms with Gasteiger partial charge in [0.15, 0.2) is 0 Å². The summed E-state index contributed by atoms with van der Waals surface area (Å²) in [5, 5.41) is 3.43. The Morgan fingerprint density at radius 3 is 2.52 bits per heavy atom. The summed E-state index contributed by atoms with van der Waals surface area (Å²) in [4.78, 5) is 12.4. The number of halogens is 1. The zero-order chi connectivity index (χ0) is 18.0. The highest BCUT2D eigenvalue weighted by Gasteiger charge is 2.26. The van der Waals surface area contributed by atoms with Gasteiger partial charge in [-0.2, -0.15) is 0 Å². The van der Waals surface area contributed by atoms with Gasteiger partial charge in [-0.05, 0) is 54.4 Å². The molecule has 1 aliphatic rings. The molecule has 8 heteroatoms. The van der Waals surface area contributed by atoms with Crippen LogP contribution in [0.15, 0.2) is 42.5 Å². The zero-order valence-corrected chi connectivity index (χ0v) is 15.0. The summed E-state index contributed by atoms with van der Waals surface area (Å²) >= 11 is 5.99. The fourth-order valence-electron chi connectivity index (χ4n) is 2.61. The summed E-state index contributed by atoms with van der Waals surface area (Å²) in [6.45, 7) is 0.300. The van der Waals surface area contributed by atoms with Crippen molar-refractivity contribution in [3.05, 3.63) is 53.1 Å². The molecule has 25 heavy (non-hydrogen) atoms. The SMILES string of the molecule is CS(=O)(=O)Nc1ccc(NC(=O)[C@H]2COc3ccc(Cl)cc3C2)cc1. The second-order valence-corrected chi connectivity index (χ2v) is 8.09. The molecule has 6 nitrogen and oxygen atoms in total. The highest BCUT2D eigenvalue weighted by Crippen LogP contribution is 2.30. The Labute approximate surface area is 151 Å². The smallest absolute Gasteiger partial charge is 0.231 e. The Kier molecular flexibility index (Phi) is 4.87. The third kappa shape index (κ3) is 4.64. The molecular formula is C17H17ClN2O4S. The van der Waals surface area contributed by atoms with Crippen molar-refractivity contribution in [2.75, 3.05) is 22.9 Å². The van der Waals surface area contributed by atoms with Gasteiger partial charge in [-0.1, -0.05) is 11.6 Å². The first-order valence-electron chi connectivity index (χ1n) is 7.60.